The number of rotatable bonds is 11. The van der Waals surface area contributed by atoms with E-state index >= 15 is 0 Å². The van der Waals surface area contributed by atoms with Gasteiger partial charge in [-0.15, -0.1) is 0 Å². The van der Waals surface area contributed by atoms with E-state index in [1.165, 1.54) is 27.1 Å². The van der Waals surface area contributed by atoms with E-state index in [2.05, 4.69) is 286 Å². The maximum Gasteiger partial charge on any atom is 0.494 e. The molecule has 18 rings (SSSR count). The molecule has 11 nitrogen and oxygen atoms in total. The van der Waals surface area contributed by atoms with Gasteiger partial charge < -0.3 is 27.9 Å². The average Bonchev–Trinajstić information content (AvgIpc) is 1.45. The van der Waals surface area contributed by atoms with Crippen molar-refractivity contribution in [2.45, 2.75) is 117 Å². The monoisotopic (exact) mass is 1430 g/mol. The number of pyridine rings is 5. The van der Waals surface area contributed by atoms with E-state index in [1.807, 2.05) is 110 Å². The summed E-state index contributed by atoms with van der Waals surface area (Å²) >= 11 is 0. The second-order valence-electron chi connectivity index (χ2n) is 31.6. The van der Waals surface area contributed by atoms with Crippen molar-refractivity contribution < 1.29 is 27.9 Å². The topological polar surface area (TPSA) is 120 Å². The van der Waals surface area contributed by atoms with Gasteiger partial charge in [0.15, 0.2) is 0 Å². The predicted molar refractivity (Wildman–Crippen MR) is 449 cm³/mol. The molecule has 3 aliphatic heterocycles. The lowest BCUT2D eigenvalue weighted by Crippen LogP contribution is -2.41. The van der Waals surface area contributed by atoms with Crippen molar-refractivity contribution in [2.24, 2.45) is 0 Å². The van der Waals surface area contributed by atoms with Crippen LogP contribution in [0.5, 0.6) is 0 Å². The maximum atomic E-state index is 6.45. The van der Waals surface area contributed by atoms with Gasteiger partial charge >= 0.3 is 21.4 Å². The van der Waals surface area contributed by atoms with Gasteiger partial charge in [0.25, 0.3) is 0 Å². The molecule has 109 heavy (non-hydrogen) atoms. The fourth-order valence-corrected chi connectivity index (χ4v) is 14.3. The van der Waals surface area contributed by atoms with Gasteiger partial charge in [0, 0.05) is 70.2 Å². The van der Waals surface area contributed by atoms with Crippen molar-refractivity contribution in [3.8, 4) is 89.3 Å². The molecule has 0 spiro atoms. The van der Waals surface area contributed by atoms with Gasteiger partial charge in [-0.25, -0.2) is 0 Å². The van der Waals surface area contributed by atoms with E-state index < -0.39 is 55.0 Å². The third kappa shape index (κ3) is 14.7. The molecule has 3 fully saturated rings. The molecule has 0 atom stereocenters. The van der Waals surface area contributed by atoms with E-state index in [-0.39, 0.29) is 0 Å². The highest BCUT2D eigenvalue weighted by molar-refractivity contribution is 6.63. The molecule has 0 saturated carbocycles. The van der Waals surface area contributed by atoms with Crippen LogP contribution in [0.1, 0.15) is 83.1 Å². The molecule has 0 N–H and O–H groups in total. The predicted octanol–water partition coefficient (Wildman–Crippen LogP) is 20.9. The fourth-order valence-electron chi connectivity index (χ4n) is 14.3. The van der Waals surface area contributed by atoms with Gasteiger partial charge in [-0.1, -0.05) is 188 Å². The first-order valence-electron chi connectivity index (χ1n) is 37.5. The standard InChI is InChI=1S/C34H31BN2O2.C31H28BNO2.C30H27BN2O2/c1-33(2)34(3,4)39-35(38-33)30-22-28(24-11-15-26(16-12-24)31-9-5-7-19-36-31)21-29(23-30)25-13-17-27(18-14-25)32-10-6-8-20-37-32;1-30(2)31(3,4)35-32(34-30)25-17-23(22-11-9-15-33-20-22)16-24(18-25)29-19-21-10-5-6-12-26(21)27-13-7-8-14-28(27)29;1-29(2)30(3,4)35-31(34-29)26-16-22(24-13-20-9-5-7-11-27(20)32-18-24)15-23(17-26)25-14-21-10-6-8-12-28(21)33-19-25/h5-23H,1-4H3;5-20H,1-4H3;5-19H,1-4H3. The van der Waals surface area contributed by atoms with Gasteiger partial charge in [-0.3, -0.25) is 24.9 Å². The molecular formula is C95H86B3N5O6. The lowest BCUT2D eigenvalue weighted by atomic mass is 9.76. The quantitative estimate of drug-likeness (QED) is 0.0909. The Morgan fingerprint density at radius 1 is 0.229 bits per heavy atom. The molecule has 0 unspecified atom stereocenters. The normalized spacial score (nSPS) is 16.4. The van der Waals surface area contributed by atoms with Gasteiger partial charge in [0.2, 0.25) is 0 Å². The minimum atomic E-state index is -0.458. The minimum Gasteiger partial charge on any atom is -0.399 e. The SMILES string of the molecule is CC1(C)OB(c2cc(-c3ccc(-c4ccccn4)cc3)cc(-c3ccc(-c4ccccn4)cc3)c2)OC1(C)C.CC1(C)OB(c2cc(-c3cccnc3)cc(-c3cc4ccccc4c4ccccc34)c2)OC1(C)C.CC1(C)OB(c2cc(-c3cnc4ccccc4c3)cc(-c3cnc4ccccc4c3)c2)OC1(C)C. The Hall–Kier alpha value is -11.1. The first-order chi connectivity index (χ1) is 52.4. The largest absolute Gasteiger partial charge is 0.494 e. The highest BCUT2D eigenvalue weighted by atomic mass is 16.7. The second-order valence-corrected chi connectivity index (χ2v) is 31.6. The van der Waals surface area contributed by atoms with Crippen LogP contribution in [-0.4, -0.2) is 79.9 Å². The van der Waals surface area contributed by atoms with Crippen LogP contribution in [0.2, 0.25) is 0 Å². The summed E-state index contributed by atoms with van der Waals surface area (Å²) in [6.07, 6.45) is 11.2. The van der Waals surface area contributed by atoms with Crippen LogP contribution in [-0.2, 0) is 27.9 Å². The number of hydrogen-bond donors (Lipinski definition) is 0. The molecule has 3 saturated heterocycles. The van der Waals surface area contributed by atoms with Crippen LogP contribution in [0, 0.1) is 0 Å². The van der Waals surface area contributed by atoms with Crippen molar-refractivity contribution in [2.75, 3.05) is 0 Å². The molecule has 8 heterocycles. The van der Waals surface area contributed by atoms with Crippen molar-refractivity contribution in [3.05, 3.63) is 304 Å². The zero-order valence-electron chi connectivity index (χ0n) is 63.8. The van der Waals surface area contributed by atoms with Crippen LogP contribution in [0.25, 0.3) is 133 Å². The number of para-hydroxylation sites is 2. The Bertz CT molecular complexity index is 5620. The van der Waals surface area contributed by atoms with Crippen molar-refractivity contribution in [1.82, 2.24) is 24.9 Å². The van der Waals surface area contributed by atoms with Crippen LogP contribution >= 0.6 is 0 Å². The number of hydrogen-bond acceptors (Lipinski definition) is 11. The fraction of sp³-hybridized carbons (Fsp3) is 0.189. The van der Waals surface area contributed by atoms with E-state index in [9.17, 15) is 0 Å². The number of aromatic nitrogens is 5. The number of benzene rings is 10. The molecule has 15 aromatic rings. The summed E-state index contributed by atoms with van der Waals surface area (Å²) in [7, 11) is -1.35. The van der Waals surface area contributed by atoms with Crippen molar-refractivity contribution in [1.29, 1.82) is 0 Å². The Morgan fingerprint density at radius 3 is 0.991 bits per heavy atom. The molecule has 14 heteroatoms. The Balaban J connectivity index is 0.000000125. The van der Waals surface area contributed by atoms with E-state index in [0.717, 1.165) is 122 Å². The molecule has 10 aromatic carbocycles. The lowest BCUT2D eigenvalue weighted by Gasteiger charge is -2.32. The second kappa shape index (κ2) is 28.8. The van der Waals surface area contributed by atoms with E-state index in [4.69, 9.17) is 37.9 Å². The smallest absolute Gasteiger partial charge is 0.399 e. The Kier molecular flexibility index (Phi) is 19.1. The highest BCUT2D eigenvalue weighted by Crippen LogP contribution is 2.43. The van der Waals surface area contributed by atoms with E-state index in [0.29, 0.717) is 0 Å². The average molecular weight is 1430 g/mol. The number of fused-ring (bicyclic) bond motifs is 5. The van der Waals surface area contributed by atoms with Gasteiger partial charge in [0.05, 0.1) is 56.0 Å². The van der Waals surface area contributed by atoms with E-state index in [1.54, 1.807) is 6.20 Å². The molecule has 3 aliphatic rings. The van der Waals surface area contributed by atoms with Gasteiger partial charge in [-0.05, 0) is 256 Å². The van der Waals surface area contributed by atoms with Gasteiger partial charge in [0.1, 0.15) is 0 Å². The zero-order chi connectivity index (χ0) is 75.5. The molecule has 0 radical (unpaired) electrons. The van der Waals surface area contributed by atoms with Crippen LogP contribution in [0.3, 0.4) is 0 Å². The minimum absolute atomic E-state index is 0.405. The summed E-state index contributed by atoms with van der Waals surface area (Å²) in [6.45, 7) is 25.0. The molecule has 0 amide bonds. The molecule has 0 bridgehead atoms. The van der Waals surface area contributed by atoms with Crippen LogP contribution < -0.4 is 16.4 Å². The number of nitrogens with zero attached hydrogens (tertiary/aromatic N) is 5. The van der Waals surface area contributed by atoms with Crippen LogP contribution in [0.15, 0.2) is 304 Å². The third-order valence-corrected chi connectivity index (χ3v) is 22.7. The van der Waals surface area contributed by atoms with Crippen molar-refractivity contribution >= 4 is 81.1 Å². The summed E-state index contributed by atoms with van der Waals surface area (Å²) in [4.78, 5) is 22.7. The summed E-state index contributed by atoms with van der Waals surface area (Å²) in [5, 5.41) is 7.20. The Labute approximate surface area is 640 Å². The third-order valence-electron chi connectivity index (χ3n) is 22.7. The Morgan fingerprint density at radius 2 is 0.578 bits per heavy atom. The summed E-state index contributed by atoms with van der Waals surface area (Å²) in [5.74, 6) is 0. The first kappa shape index (κ1) is 72.2. The highest BCUT2D eigenvalue weighted by Gasteiger charge is 2.54. The molecule has 536 valence electrons. The van der Waals surface area contributed by atoms with Crippen molar-refractivity contribution in [3.63, 3.8) is 0 Å². The maximum absolute atomic E-state index is 6.45. The lowest BCUT2D eigenvalue weighted by molar-refractivity contribution is 0.00578. The molecular weight excluding hydrogens is 1340 g/mol. The summed E-state index contributed by atoms with van der Waals surface area (Å²) in [5.41, 5.74) is 19.8. The summed E-state index contributed by atoms with van der Waals surface area (Å²) < 4.78 is 38.6. The van der Waals surface area contributed by atoms with Gasteiger partial charge in [-0.2, -0.15) is 0 Å². The molecule has 0 aliphatic carbocycles. The summed E-state index contributed by atoms with van der Waals surface area (Å²) in [6, 6.07) is 93.2. The van der Waals surface area contributed by atoms with Crippen LogP contribution in [0.4, 0.5) is 0 Å². The molecule has 5 aromatic heterocycles. The first-order valence-corrected chi connectivity index (χ1v) is 37.5. The zero-order valence-corrected chi connectivity index (χ0v) is 63.8.